The van der Waals surface area contributed by atoms with Gasteiger partial charge in [-0.15, -0.1) is 0 Å². The largest absolute Gasteiger partial charge is 0.496 e. The first-order chi connectivity index (χ1) is 15.8. The molecule has 4 rings (SSSR count). The van der Waals surface area contributed by atoms with Gasteiger partial charge in [-0.3, -0.25) is 0 Å². The van der Waals surface area contributed by atoms with E-state index in [9.17, 15) is 0 Å². The summed E-state index contributed by atoms with van der Waals surface area (Å²) in [6.07, 6.45) is 1.76. The molecule has 0 aliphatic carbocycles. The Morgan fingerprint density at radius 2 is 1.50 bits per heavy atom. The predicted molar refractivity (Wildman–Crippen MR) is 129 cm³/mol. The highest BCUT2D eigenvalue weighted by Crippen LogP contribution is 2.29. The number of nitrogens with zero attached hydrogens (tertiary/aromatic N) is 1. The molecule has 0 aliphatic heterocycles. The third kappa shape index (κ3) is 5.01. The highest BCUT2D eigenvalue weighted by molar-refractivity contribution is 5.85. The van der Waals surface area contributed by atoms with Gasteiger partial charge in [-0.25, -0.2) is 0 Å². The molecule has 4 aromatic carbocycles. The second-order valence-electron chi connectivity index (χ2n) is 7.24. The lowest BCUT2D eigenvalue weighted by Gasteiger charge is -2.13. The average molecular weight is 427 g/mol. The summed E-state index contributed by atoms with van der Waals surface area (Å²) in [4.78, 5) is 0. The maximum Gasteiger partial charge on any atom is 0.161 e. The normalized spacial score (nSPS) is 10.9. The van der Waals surface area contributed by atoms with Gasteiger partial charge < -0.3 is 19.6 Å². The van der Waals surface area contributed by atoms with Gasteiger partial charge in [0.25, 0.3) is 0 Å². The molecule has 0 radical (unpaired) electrons. The molecule has 0 heterocycles. The molecule has 0 aliphatic rings. The van der Waals surface area contributed by atoms with Gasteiger partial charge in [0.05, 0.1) is 27.0 Å². The Hall–Kier alpha value is -3.99. The van der Waals surface area contributed by atoms with E-state index in [4.69, 9.17) is 14.2 Å². The first-order valence-corrected chi connectivity index (χ1v) is 10.4. The van der Waals surface area contributed by atoms with Crippen molar-refractivity contribution >= 4 is 17.0 Å². The number of methoxy groups -OCH3 is 2. The molecule has 5 nitrogen and oxygen atoms in total. The zero-order valence-electron chi connectivity index (χ0n) is 18.2. The molecule has 1 N–H and O–H groups in total. The summed E-state index contributed by atoms with van der Waals surface area (Å²) in [6.45, 7) is 1.04. The molecule has 0 saturated heterocycles. The summed E-state index contributed by atoms with van der Waals surface area (Å²) in [7, 11) is 3.30. The van der Waals surface area contributed by atoms with Gasteiger partial charge in [0.15, 0.2) is 11.5 Å². The molecule has 0 atom stereocenters. The third-order valence-electron chi connectivity index (χ3n) is 5.22. The number of fused-ring (bicyclic) bond motifs is 1. The highest BCUT2D eigenvalue weighted by atomic mass is 16.5. The number of nitrogens with one attached hydrogen (secondary N) is 1. The minimum Gasteiger partial charge on any atom is -0.496 e. The van der Waals surface area contributed by atoms with Crippen LogP contribution in [0.15, 0.2) is 90.0 Å². The SMILES string of the molecule is COc1ccccc1CN/N=C\c1ccc(OCc2cccc3ccccc23)c(OC)c1. The number of hydrogen-bond acceptors (Lipinski definition) is 5. The Labute approximate surface area is 188 Å². The lowest BCUT2D eigenvalue weighted by Crippen LogP contribution is -2.07. The van der Waals surface area contributed by atoms with E-state index >= 15 is 0 Å². The standard InChI is InChI=1S/C27H26N2O3/c1-30-25-13-6-4-9-22(25)18-29-28-17-20-14-15-26(27(16-20)31-2)32-19-23-11-7-10-21-8-3-5-12-24(21)23/h3-17,29H,18-19H2,1-2H3/b28-17-. The average Bonchev–Trinajstić information content (AvgIpc) is 2.85. The van der Waals surface area contributed by atoms with Crippen molar-refractivity contribution < 1.29 is 14.2 Å². The number of para-hydroxylation sites is 1. The van der Waals surface area contributed by atoms with E-state index in [2.05, 4.69) is 40.9 Å². The van der Waals surface area contributed by atoms with Gasteiger partial charge in [-0.2, -0.15) is 5.10 Å². The van der Waals surface area contributed by atoms with Crippen molar-refractivity contribution in [2.45, 2.75) is 13.2 Å². The van der Waals surface area contributed by atoms with E-state index in [-0.39, 0.29) is 0 Å². The number of hydrazone groups is 1. The Balaban J connectivity index is 1.40. The first kappa shape index (κ1) is 21.2. The molecule has 0 saturated carbocycles. The molecule has 0 amide bonds. The predicted octanol–water partition coefficient (Wildman–Crippen LogP) is 5.56. The summed E-state index contributed by atoms with van der Waals surface area (Å²) in [5, 5.41) is 6.71. The fraction of sp³-hybridized carbons (Fsp3) is 0.148. The van der Waals surface area contributed by atoms with Crippen LogP contribution in [-0.2, 0) is 13.2 Å². The first-order valence-electron chi connectivity index (χ1n) is 10.4. The van der Waals surface area contributed by atoms with Gasteiger partial charge in [0, 0.05) is 5.56 Å². The van der Waals surface area contributed by atoms with Crippen LogP contribution < -0.4 is 19.6 Å². The van der Waals surface area contributed by atoms with E-state index in [1.54, 1.807) is 20.4 Å². The lowest BCUT2D eigenvalue weighted by atomic mass is 10.1. The van der Waals surface area contributed by atoms with Crippen LogP contribution in [0, 0.1) is 0 Å². The fourth-order valence-corrected chi connectivity index (χ4v) is 3.56. The van der Waals surface area contributed by atoms with Crippen LogP contribution in [0.4, 0.5) is 0 Å². The van der Waals surface area contributed by atoms with E-state index in [1.807, 2.05) is 54.6 Å². The van der Waals surface area contributed by atoms with Crippen molar-refractivity contribution in [3.05, 3.63) is 102 Å². The lowest BCUT2D eigenvalue weighted by molar-refractivity contribution is 0.285. The molecule has 5 heteroatoms. The van der Waals surface area contributed by atoms with Crippen LogP contribution in [-0.4, -0.2) is 20.4 Å². The summed E-state index contributed by atoms with van der Waals surface area (Å²) >= 11 is 0. The van der Waals surface area contributed by atoms with Crippen LogP contribution in [0.2, 0.25) is 0 Å². The molecule has 0 spiro atoms. The topological polar surface area (TPSA) is 52.1 Å². The molecular weight excluding hydrogens is 400 g/mol. The van der Waals surface area contributed by atoms with Crippen LogP contribution in [0.1, 0.15) is 16.7 Å². The van der Waals surface area contributed by atoms with Gasteiger partial charge in [-0.05, 0) is 46.2 Å². The van der Waals surface area contributed by atoms with Crippen molar-refractivity contribution in [1.82, 2.24) is 5.43 Å². The Morgan fingerprint density at radius 3 is 2.38 bits per heavy atom. The van der Waals surface area contributed by atoms with Crippen molar-refractivity contribution in [3.8, 4) is 17.2 Å². The van der Waals surface area contributed by atoms with Gasteiger partial charge in [0.1, 0.15) is 12.4 Å². The number of ether oxygens (including phenoxy) is 3. The maximum absolute atomic E-state index is 6.09. The zero-order chi connectivity index (χ0) is 22.2. The van der Waals surface area contributed by atoms with Crippen LogP contribution in [0.5, 0.6) is 17.2 Å². The second-order valence-corrected chi connectivity index (χ2v) is 7.24. The maximum atomic E-state index is 6.09. The van der Waals surface area contributed by atoms with E-state index in [0.717, 1.165) is 22.4 Å². The Bertz CT molecular complexity index is 1220. The van der Waals surface area contributed by atoms with Crippen molar-refractivity contribution in [1.29, 1.82) is 0 Å². The smallest absolute Gasteiger partial charge is 0.161 e. The third-order valence-corrected chi connectivity index (χ3v) is 5.22. The summed E-state index contributed by atoms with van der Waals surface area (Å²) < 4.78 is 17.0. The summed E-state index contributed by atoms with van der Waals surface area (Å²) in [5.41, 5.74) is 6.15. The van der Waals surface area contributed by atoms with E-state index < -0.39 is 0 Å². The minimum atomic E-state index is 0.464. The molecule has 162 valence electrons. The summed E-state index contributed by atoms with van der Waals surface area (Å²) in [6, 6.07) is 28.2. The van der Waals surface area contributed by atoms with Crippen molar-refractivity contribution in [2.24, 2.45) is 5.10 Å². The van der Waals surface area contributed by atoms with Crippen LogP contribution in [0.25, 0.3) is 10.8 Å². The second kappa shape index (κ2) is 10.4. The Morgan fingerprint density at radius 1 is 0.750 bits per heavy atom. The van der Waals surface area contributed by atoms with Gasteiger partial charge >= 0.3 is 0 Å². The quantitative estimate of drug-likeness (QED) is 0.281. The van der Waals surface area contributed by atoms with Crippen LogP contribution in [0.3, 0.4) is 0 Å². The van der Waals surface area contributed by atoms with Crippen molar-refractivity contribution in [2.75, 3.05) is 14.2 Å². The monoisotopic (exact) mass is 426 g/mol. The molecule has 0 unspecified atom stereocenters. The number of benzene rings is 4. The molecule has 4 aromatic rings. The molecule has 0 fully saturated rings. The highest BCUT2D eigenvalue weighted by Gasteiger charge is 2.07. The number of hydrogen-bond donors (Lipinski definition) is 1. The zero-order valence-corrected chi connectivity index (χ0v) is 18.2. The number of rotatable bonds is 9. The summed E-state index contributed by atoms with van der Waals surface area (Å²) in [5.74, 6) is 2.20. The van der Waals surface area contributed by atoms with E-state index in [0.29, 0.717) is 24.7 Å². The van der Waals surface area contributed by atoms with Gasteiger partial charge in [0.2, 0.25) is 0 Å². The van der Waals surface area contributed by atoms with Crippen LogP contribution >= 0.6 is 0 Å². The Kier molecular flexibility index (Phi) is 6.88. The van der Waals surface area contributed by atoms with Gasteiger partial charge in [-0.1, -0.05) is 60.7 Å². The molecular formula is C27H26N2O3. The van der Waals surface area contributed by atoms with E-state index in [1.165, 1.54) is 10.8 Å². The molecule has 0 bridgehead atoms. The van der Waals surface area contributed by atoms with Crippen molar-refractivity contribution in [3.63, 3.8) is 0 Å². The minimum absolute atomic E-state index is 0.464. The molecule has 32 heavy (non-hydrogen) atoms. The molecule has 0 aromatic heterocycles. The fourth-order valence-electron chi connectivity index (χ4n) is 3.56.